The van der Waals surface area contributed by atoms with Crippen LogP contribution in [0.2, 0.25) is 0 Å². The Balaban J connectivity index is 2.90. The van der Waals surface area contributed by atoms with Crippen molar-refractivity contribution in [3.05, 3.63) is 10.4 Å². The van der Waals surface area contributed by atoms with Gasteiger partial charge in [-0.1, -0.05) is 5.11 Å². The highest BCUT2D eigenvalue weighted by Crippen LogP contribution is 2.32. The van der Waals surface area contributed by atoms with E-state index in [9.17, 15) is 15.0 Å². The van der Waals surface area contributed by atoms with Gasteiger partial charge in [0.2, 0.25) is 0 Å². The Hall–Kier alpha value is -1.54. The molecule has 0 aromatic rings. The van der Waals surface area contributed by atoms with Gasteiger partial charge in [-0.25, -0.2) is 4.79 Å². The predicted molar refractivity (Wildman–Crippen MR) is 73.3 cm³/mol. The van der Waals surface area contributed by atoms with Crippen LogP contribution in [0, 0.1) is 5.92 Å². The molecule has 1 rings (SSSR count). The van der Waals surface area contributed by atoms with Gasteiger partial charge in [-0.05, 0) is 32.7 Å². The molecular formula is C12H22N4O5. The summed E-state index contributed by atoms with van der Waals surface area (Å²) in [7, 11) is 0. The van der Waals surface area contributed by atoms with E-state index in [1.807, 2.05) is 0 Å². The molecule has 1 amide bonds. The van der Waals surface area contributed by atoms with Gasteiger partial charge in [-0.3, -0.25) is 0 Å². The smallest absolute Gasteiger partial charge is 0.407 e. The van der Waals surface area contributed by atoms with Crippen molar-refractivity contribution in [1.82, 2.24) is 5.32 Å². The van der Waals surface area contributed by atoms with Crippen molar-refractivity contribution < 1.29 is 24.9 Å². The molecule has 0 heterocycles. The third kappa shape index (κ3) is 4.47. The molecule has 0 aliphatic heterocycles. The van der Waals surface area contributed by atoms with Crippen molar-refractivity contribution in [2.24, 2.45) is 11.0 Å². The van der Waals surface area contributed by atoms with Gasteiger partial charge >= 0.3 is 6.09 Å². The summed E-state index contributed by atoms with van der Waals surface area (Å²) in [6, 6.07) is -1.83. The summed E-state index contributed by atoms with van der Waals surface area (Å²) in [5.41, 5.74) is 7.85. The average molecular weight is 302 g/mol. The molecule has 0 saturated heterocycles. The van der Waals surface area contributed by atoms with Gasteiger partial charge in [-0.15, -0.1) is 0 Å². The van der Waals surface area contributed by atoms with Gasteiger partial charge < -0.3 is 25.4 Å². The number of nitrogens with one attached hydrogen (secondary N) is 1. The largest absolute Gasteiger partial charge is 0.444 e. The lowest BCUT2D eigenvalue weighted by molar-refractivity contribution is 0.00961. The number of aliphatic hydroxyl groups excluding tert-OH is 3. The van der Waals surface area contributed by atoms with Crippen LogP contribution in [-0.2, 0) is 4.74 Å². The lowest BCUT2D eigenvalue weighted by Crippen LogP contribution is -2.47. The maximum absolute atomic E-state index is 11.8. The molecule has 0 radical (unpaired) electrons. The van der Waals surface area contributed by atoms with Crippen LogP contribution in [0.25, 0.3) is 10.4 Å². The van der Waals surface area contributed by atoms with Crippen LogP contribution in [-0.4, -0.2) is 57.9 Å². The zero-order chi connectivity index (χ0) is 16.2. The molecule has 0 spiro atoms. The van der Waals surface area contributed by atoms with Crippen LogP contribution in [0.3, 0.4) is 0 Å². The average Bonchev–Trinajstić information content (AvgIpc) is 2.55. The number of ether oxygens (including phenoxy) is 1. The van der Waals surface area contributed by atoms with Crippen molar-refractivity contribution in [2.75, 3.05) is 6.61 Å². The molecule has 0 bridgehead atoms. The van der Waals surface area contributed by atoms with Crippen LogP contribution in [0.5, 0.6) is 0 Å². The Labute approximate surface area is 122 Å². The summed E-state index contributed by atoms with van der Waals surface area (Å²) in [6.45, 7) is 4.85. The van der Waals surface area contributed by atoms with E-state index < -0.39 is 41.9 Å². The standard InChI is InChI=1S/C12H22N4O5/c1-12(2,3)21-11(20)14-7-6(4-5-17)9(18)10(19)8(7)15-16-13/h6-10,17-19H,4-5H2,1-3H3,(H,14,20)/t6-,7-,8+,9-,10-/m1/s1. The van der Waals surface area contributed by atoms with Gasteiger partial charge in [0.15, 0.2) is 0 Å². The van der Waals surface area contributed by atoms with Crippen LogP contribution in [0.15, 0.2) is 5.11 Å². The Bertz CT molecular complexity index is 418. The molecule has 0 aromatic heterocycles. The summed E-state index contributed by atoms with van der Waals surface area (Å²) >= 11 is 0. The second kappa shape index (κ2) is 6.95. The van der Waals surface area contributed by atoms with E-state index >= 15 is 0 Å². The Morgan fingerprint density at radius 2 is 2.00 bits per heavy atom. The molecule has 1 saturated carbocycles. The summed E-state index contributed by atoms with van der Waals surface area (Å²) in [6.07, 6.45) is -3.10. The molecule has 5 atom stereocenters. The van der Waals surface area contributed by atoms with Crippen LogP contribution in [0.4, 0.5) is 4.79 Å². The number of hydrogen-bond donors (Lipinski definition) is 4. The van der Waals surface area contributed by atoms with Crippen molar-refractivity contribution in [2.45, 2.75) is 57.1 Å². The van der Waals surface area contributed by atoms with Crippen LogP contribution >= 0.6 is 0 Å². The van der Waals surface area contributed by atoms with Gasteiger partial charge in [0.25, 0.3) is 0 Å². The highest BCUT2D eigenvalue weighted by molar-refractivity contribution is 5.68. The van der Waals surface area contributed by atoms with E-state index in [-0.39, 0.29) is 13.0 Å². The Kier molecular flexibility index (Phi) is 5.79. The number of alkyl carbamates (subject to hydrolysis) is 1. The monoisotopic (exact) mass is 302 g/mol. The highest BCUT2D eigenvalue weighted by atomic mass is 16.6. The molecular weight excluding hydrogens is 280 g/mol. The summed E-state index contributed by atoms with van der Waals surface area (Å²) in [4.78, 5) is 14.5. The molecule has 1 aliphatic rings. The maximum Gasteiger partial charge on any atom is 0.407 e. The van der Waals surface area contributed by atoms with Crippen LogP contribution in [0.1, 0.15) is 27.2 Å². The number of azide groups is 1. The van der Waals surface area contributed by atoms with E-state index in [2.05, 4.69) is 15.3 Å². The minimum absolute atomic E-state index is 0.149. The number of amides is 1. The number of nitrogens with zero attached hydrogens (tertiary/aromatic N) is 3. The third-order valence-corrected chi connectivity index (χ3v) is 3.30. The Morgan fingerprint density at radius 1 is 1.38 bits per heavy atom. The summed E-state index contributed by atoms with van der Waals surface area (Å²) < 4.78 is 5.11. The number of aliphatic hydroxyl groups is 3. The molecule has 9 heteroatoms. The Morgan fingerprint density at radius 3 is 2.48 bits per heavy atom. The van der Waals surface area contributed by atoms with Crippen molar-refractivity contribution in [3.63, 3.8) is 0 Å². The molecule has 21 heavy (non-hydrogen) atoms. The molecule has 0 unspecified atom stereocenters. The number of hydrogen-bond acceptors (Lipinski definition) is 6. The number of carbonyl (C=O) groups excluding carboxylic acids is 1. The third-order valence-electron chi connectivity index (χ3n) is 3.30. The van der Waals surface area contributed by atoms with Gasteiger partial charge in [0.05, 0.1) is 18.2 Å². The maximum atomic E-state index is 11.8. The van der Waals surface area contributed by atoms with Gasteiger partial charge in [-0.2, -0.15) is 0 Å². The second-order valence-electron chi connectivity index (χ2n) is 6.02. The van der Waals surface area contributed by atoms with Crippen molar-refractivity contribution in [3.8, 4) is 0 Å². The highest BCUT2D eigenvalue weighted by Gasteiger charge is 2.49. The summed E-state index contributed by atoms with van der Waals surface area (Å²) in [5, 5.41) is 34.9. The van der Waals surface area contributed by atoms with Crippen LogP contribution < -0.4 is 5.32 Å². The topological polar surface area (TPSA) is 148 Å². The minimum atomic E-state index is -1.31. The fraction of sp³-hybridized carbons (Fsp3) is 0.917. The molecule has 120 valence electrons. The first-order chi connectivity index (χ1) is 9.71. The first kappa shape index (κ1) is 17.5. The predicted octanol–water partition coefficient (Wildman–Crippen LogP) is 0.293. The second-order valence-corrected chi connectivity index (χ2v) is 6.02. The molecule has 4 N–H and O–H groups in total. The molecule has 1 aliphatic carbocycles. The van der Waals surface area contributed by atoms with Gasteiger partial charge in [0, 0.05) is 23.5 Å². The first-order valence-electron chi connectivity index (χ1n) is 6.72. The fourth-order valence-corrected chi connectivity index (χ4v) is 2.47. The van der Waals surface area contributed by atoms with E-state index in [4.69, 9.17) is 15.4 Å². The van der Waals surface area contributed by atoms with E-state index in [0.717, 1.165) is 0 Å². The van der Waals surface area contributed by atoms with Gasteiger partial charge in [0.1, 0.15) is 5.60 Å². The zero-order valence-corrected chi connectivity index (χ0v) is 12.3. The normalized spacial score (nSPS) is 32.4. The molecule has 0 aromatic carbocycles. The lowest BCUT2D eigenvalue weighted by Gasteiger charge is -2.26. The number of carbonyl (C=O) groups is 1. The lowest BCUT2D eigenvalue weighted by atomic mass is 9.97. The molecule has 9 nitrogen and oxygen atoms in total. The van der Waals surface area contributed by atoms with E-state index in [1.165, 1.54) is 0 Å². The summed E-state index contributed by atoms with van der Waals surface area (Å²) in [5.74, 6) is -0.631. The minimum Gasteiger partial charge on any atom is -0.444 e. The fourth-order valence-electron chi connectivity index (χ4n) is 2.47. The van der Waals surface area contributed by atoms with Crippen molar-refractivity contribution >= 4 is 6.09 Å². The van der Waals surface area contributed by atoms with Crippen molar-refractivity contribution in [1.29, 1.82) is 0 Å². The molecule has 1 fully saturated rings. The van der Waals surface area contributed by atoms with E-state index in [0.29, 0.717) is 0 Å². The first-order valence-corrected chi connectivity index (χ1v) is 6.72. The van der Waals surface area contributed by atoms with E-state index in [1.54, 1.807) is 20.8 Å². The SMILES string of the molecule is CC(C)(C)OC(=O)N[C@@H]1[C@@H](CCO)[C@@H](O)[C@H](O)[C@H]1N=[N+]=[N-]. The quantitative estimate of drug-likeness (QED) is 0.335. The zero-order valence-electron chi connectivity index (χ0n) is 12.3. The number of rotatable bonds is 4.